The van der Waals surface area contributed by atoms with Crippen molar-refractivity contribution < 1.29 is 23.8 Å². The lowest BCUT2D eigenvalue weighted by Crippen LogP contribution is -2.32. The molecule has 6 heteroatoms. The molecule has 1 rings (SSSR count). The van der Waals surface area contributed by atoms with Crippen molar-refractivity contribution >= 4 is 11.9 Å². The Morgan fingerprint density at radius 1 is 1.40 bits per heavy atom. The van der Waals surface area contributed by atoms with Crippen LogP contribution in [0.3, 0.4) is 0 Å². The number of carboxylic acid groups (broad SMARTS) is 1. The number of hydrogen-bond acceptors (Lipinski definition) is 3. The number of carbonyl (C=O) groups excluding carboxylic acids is 1. The second-order valence-corrected chi connectivity index (χ2v) is 5.04. The lowest BCUT2D eigenvalue weighted by molar-refractivity contribution is -0.147. The lowest BCUT2D eigenvalue weighted by atomic mass is 9.90. The third kappa shape index (κ3) is 3.94. The average molecular weight is 283 g/mol. The third-order valence-electron chi connectivity index (χ3n) is 3.03. The van der Waals surface area contributed by atoms with Crippen LogP contribution in [0.15, 0.2) is 18.2 Å². The van der Waals surface area contributed by atoms with Crippen molar-refractivity contribution in [1.82, 2.24) is 5.32 Å². The number of benzene rings is 1. The van der Waals surface area contributed by atoms with Crippen molar-refractivity contribution in [3.05, 3.63) is 29.6 Å². The first-order valence-electron chi connectivity index (χ1n) is 6.13. The summed E-state index contributed by atoms with van der Waals surface area (Å²) >= 11 is 0. The van der Waals surface area contributed by atoms with Crippen LogP contribution in [0.1, 0.15) is 30.6 Å². The molecule has 1 aromatic carbocycles. The van der Waals surface area contributed by atoms with Gasteiger partial charge >= 0.3 is 5.97 Å². The normalized spacial score (nSPS) is 11.0. The molecule has 0 aliphatic carbocycles. The Labute approximate surface area is 116 Å². The summed E-state index contributed by atoms with van der Waals surface area (Å²) in [5.41, 5.74) is -0.755. The van der Waals surface area contributed by atoms with Crippen LogP contribution >= 0.6 is 0 Å². The highest BCUT2D eigenvalue weighted by Gasteiger charge is 2.26. The largest absolute Gasteiger partial charge is 0.494 e. The van der Waals surface area contributed by atoms with E-state index in [-0.39, 0.29) is 24.3 Å². The van der Waals surface area contributed by atoms with Crippen molar-refractivity contribution in [1.29, 1.82) is 0 Å². The third-order valence-corrected chi connectivity index (χ3v) is 3.03. The zero-order valence-electron chi connectivity index (χ0n) is 11.7. The van der Waals surface area contributed by atoms with Crippen molar-refractivity contribution in [2.24, 2.45) is 5.41 Å². The Bertz CT molecular complexity index is 514. The van der Waals surface area contributed by atoms with E-state index >= 15 is 0 Å². The number of halogens is 1. The van der Waals surface area contributed by atoms with Gasteiger partial charge in [0, 0.05) is 12.1 Å². The quantitative estimate of drug-likeness (QED) is 0.838. The van der Waals surface area contributed by atoms with Gasteiger partial charge in [0.2, 0.25) is 0 Å². The Morgan fingerprint density at radius 3 is 2.55 bits per heavy atom. The van der Waals surface area contributed by atoms with Gasteiger partial charge in [0.05, 0.1) is 12.5 Å². The average Bonchev–Trinajstić information content (AvgIpc) is 2.38. The smallest absolute Gasteiger partial charge is 0.309 e. The van der Waals surface area contributed by atoms with Gasteiger partial charge in [0.1, 0.15) is 0 Å². The van der Waals surface area contributed by atoms with E-state index < -0.39 is 23.1 Å². The summed E-state index contributed by atoms with van der Waals surface area (Å²) < 4.78 is 18.2. The number of carboxylic acids is 1. The molecule has 0 heterocycles. The van der Waals surface area contributed by atoms with Gasteiger partial charge in [-0.15, -0.1) is 0 Å². The van der Waals surface area contributed by atoms with Crippen molar-refractivity contribution in [3.8, 4) is 5.75 Å². The maximum Gasteiger partial charge on any atom is 0.309 e. The van der Waals surface area contributed by atoms with E-state index in [1.54, 1.807) is 13.8 Å². The van der Waals surface area contributed by atoms with Crippen LogP contribution in [-0.4, -0.2) is 30.6 Å². The van der Waals surface area contributed by atoms with Crippen LogP contribution in [0.2, 0.25) is 0 Å². The van der Waals surface area contributed by atoms with Crippen molar-refractivity contribution in [2.75, 3.05) is 13.7 Å². The van der Waals surface area contributed by atoms with E-state index in [9.17, 15) is 14.0 Å². The summed E-state index contributed by atoms with van der Waals surface area (Å²) in [7, 11) is 1.34. The maximum absolute atomic E-state index is 13.4. The molecule has 0 aromatic heterocycles. The van der Waals surface area contributed by atoms with Crippen molar-refractivity contribution in [2.45, 2.75) is 20.3 Å². The number of carbonyl (C=O) groups is 2. The Morgan fingerprint density at radius 2 is 2.05 bits per heavy atom. The zero-order valence-corrected chi connectivity index (χ0v) is 11.7. The minimum Gasteiger partial charge on any atom is -0.494 e. The lowest BCUT2D eigenvalue weighted by Gasteiger charge is -2.18. The van der Waals surface area contributed by atoms with Gasteiger partial charge in [-0.05, 0) is 38.5 Å². The number of hydrogen-bond donors (Lipinski definition) is 2. The number of ether oxygens (including phenoxy) is 1. The van der Waals surface area contributed by atoms with Gasteiger partial charge in [-0.3, -0.25) is 9.59 Å². The Hall–Kier alpha value is -2.11. The molecule has 0 saturated carbocycles. The molecular formula is C14H18FNO4. The molecule has 0 fully saturated rings. The molecule has 5 nitrogen and oxygen atoms in total. The summed E-state index contributed by atoms with van der Waals surface area (Å²) in [6, 6.07) is 3.89. The summed E-state index contributed by atoms with van der Waals surface area (Å²) in [4.78, 5) is 22.7. The summed E-state index contributed by atoms with van der Waals surface area (Å²) in [6.07, 6.45) is 0.284. The van der Waals surface area contributed by atoms with Gasteiger partial charge in [-0.25, -0.2) is 4.39 Å². The van der Waals surface area contributed by atoms with E-state index in [4.69, 9.17) is 9.84 Å². The number of nitrogens with one attached hydrogen (secondary N) is 1. The topological polar surface area (TPSA) is 75.6 Å². The fraction of sp³-hybridized carbons (Fsp3) is 0.429. The number of aliphatic carboxylic acids is 1. The van der Waals surface area contributed by atoms with E-state index in [2.05, 4.69) is 5.32 Å². The molecule has 0 bridgehead atoms. The molecule has 1 amide bonds. The second kappa shape index (κ2) is 6.36. The standard InChI is InChI=1S/C14H18FNO4/c1-14(2,13(18)19)6-7-16-12(17)9-4-5-11(20-3)10(15)8-9/h4-5,8H,6-7H2,1-3H3,(H,16,17)(H,18,19). The molecule has 20 heavy (non-hydrogen) atoms. The highest BCUT2D eigenvalue weighted by Crippen LogP contribution is 2.20. The van der Waals surface area contributed by atoms with Crippen LogP contribution < -0.4 is 10.1 Å². The maximum atomic E-state index is 13.4. The van der Waals surface area contributed by atoms with Crippen LogP contribution in [0, 0.1) is 11.2 Å². The molecule has 0 saturated heterocycles. The predicted molar refractivity (Wildman–Crippen MR) is 71.3 cm³/mol. The Balaban J connectivity index is 2.60. The van der Waals surface area contributed by atoms with Crippen LogP contribution in [0.25, 0.3) is 0 Å². The molecule has 0 radical (unpaired) electrons. The SMILES string of the molecule is COc1ccc(C(=O)NCCC(C)(C)C(=O)O)cc1F. The molecule has 0 unspecified atom stereocenters. The zero-order chi connectivity index (χ0) is 15.3. The highest BCUT2D eigenvalue weighted by atomic mass is 19.1. The molecule has 0 spiro atoms. The number of methoxy groups -OCH3 is 1. The first-order chi connectivity index (χ1) is 9.27. The molecule has 0 aliphatic heterocycles. The molecule has 0 atom stereocenters. The monoisotopic (exact) mass is 283 g/mol. The summed E-state index contributed by atoms with van der Waals surface area (Å²) in [5, 5.41) is 11.5. The van der Waals surface area contributed by atoms with E-state index in [1.807, 2.05) is 0 Å². The van der Waals surface area contributed by atoms with Crippen LogP contribution in [0.4, 0.5) is 4.39 Å². The van der Waals surface area contributed by atoms with Crippen molar-refractivity contribution in [3.63, 3.8) is 0 Å². The van der Waals surface area contributed by atoms with Crippen LogP contribution in [-0.2, 0) is 4.79 Å². The molecule has 110 valence electrons. The molecule has 2 N–H and O–H groups in total. The van der Waals surface area contributed by atoms with Gasteiger partial charge in [0.15, 0.2) is 11.6 Å². The van der Waals surface area contributed by atoms with Gasteiger partial charge in [0.25, 0.3) is 5.91 Å². The highest BCUT2D eigenvalue weighted by molar-refractivity contribution is 5.94. The van der Waals surface area contributed by atoms with Crippen LogP contribution in [0.5, 0.6) is 5.75 Å². The van der Waals surface area contributed by atoms with E-state index in [0.717, 1.165) is 6.07 Å². The first kappa shape index (κ1) is 15.9. The molecule has 0 aliphatic rings. The summed E-state index contributed by atoms with van der Waals surface area (Å²) in [5.74, 6) is -1.94. The van der Waals surface area contributed by atoms with E-state index in [0.29, 0.717) is 0 Å². The first-order valence-corrected chi connectivity index (χ1v) is 6.13. The number of rotatable bonds is 6. The fourth-order valence-electron chi connectivity index (χ4n) is 1.51. The predicted octanol–water partition coefficient (Wildman–Crippen LogP) is 2.07. The minimum atomic E-state index is -0.928. The molecule has 1 aromatic rings. The number of amides is 1. The van der Waals surface area contributed by atoms with Gasteiger partial charge in [-0.1, -0.05) is 0 Å². The van der Waals surface area contributed by atoms with Gasteiger partial charge in [-0.2, -0.15) is 0 Å². The van der Waals surface area contributed by atoms with E-state index in [1.165, 1.54) is 19.2 Å². The summed E-state index contributed by atoms with van der Waals surface area (Å²) in [6.45, 7) is 3.36. The fourth-order valence-corrected chi connectivity index (χ4v) is 1.51. The molecular weight excluding hydrogens is 265 g/mol. The second-order valence-electron chi connectivity index (χ2n) is 5.04. The Kier molecular flexibility index (Phi) is 5.07. The minimum absolute atomic E-state index is 0.0635. The van der Waals surface area contributed by atoms with Gasteiger partial charge < -0.3 is 15.2 Å².